The number of nitrogens with one attached hydrogen (secondary N) is 1. The maximum absolute atomic E-state index is 15.3. The van der Waals surface area contributed by atoms with E-state index >= 15 is 4.39 Å². The first-order valence-corrected chi connectivity index (χ1v) is 16.5. The van der Waals surface area contributed by atoms with Crippen LogP contribution < -0.4 is 5.32 Å². The van der Waals surface area contributed by atoms with Gasteiger partial charge in [0.2, 0.25) is 0 Å². The quantitative estimate of drug-likeness (QED) is 0.320. The molecular formula is C35H46FNO4S. The summed E-state index contributed by atoms with van der Waals surface area (Å²) in [5.41, 5.74) is 4.85. The molecule has 4 aliphatic carbocycles. The lowest BCUT2D eigenvalue weighted by atomic mass is 9.47. The number of carboxylic acids is 1. The summed E-state index contributed by atoms with van der Waals surface area (Å²) in [6.45, 7) is 12.0. The number of hydrogen-bond donors (Lipinski definition) is 2. The van der Waals surface area contributed by atoms with Crippen molar-refractivity contribution < 1.29 is 23.8 Å². The third-order valence-corrected chi connectivity index (χ3v) is 10.4. The van der Waals surface area contributed by atoms with E-state index in [1.165, 1.54) is 61.4 Å². The van der Waals surface area contributed by atoms with Crippen molar-refractivity contribution in [1.82, 2.24) is 5.32 Å². The number of amides is 1. The summed E-state index contributed by atoms with van der Waals surface area (Å²) in [5, 5.41) is 11.9. The van der Waals surface area contributed by atoms with Crippen molar-refractivity contribution >= 4 is 23.8 Å². The molecule has 1 amide bonds. The second kappa shape index (κ2) is 11.5. The van der Waals surface area contributed by atoms with Crippen LogP contribution in [-0.4, -0.2) is 34.6 Å². The Morgan fingerprint density at radius 3 is 2.07 bits per heavy atom. The number of aliphatic carboxylic acids is 1. The standard InChI is InChI=1S/C35H46FNO4S/c1-33(2,3)28-14-24(9-10-27(28)35-16-21-11-22(17-35)13-23(12-21)18-35)25-7-8-26(29(36)15-25)19-42-20-30(31(38)39)37-32(40)41-34(4,5)6/h7-10,14-15,21-23,30H,11-13,16-20H2,1-6H3,(H,37,40)(H,38,39). The van der Waals surface area contributed by atoms with E-state index in [4.69, 9.17) is 4.74 Å². The monoisotopic (exact) mass is 595 g/mol. The molecule has 0 radical (unpaired) electrons. The van der Waals surface area contributed by atoms with Gasteiger partial charge < -0.3 is 15.2 Å². The van der Waals surface area contributed by atoms with Crippen molar-refractivity contribution in [2.45, 2.75) is 108 Å². The average molecular weight is 596 g/mol. The molecule has 4 fully saturated rings. The van der Waals surface area contributed by atoms with Crippen LogP contribution in [-0.2, 0) is 26.1 Å². The highest BCUT2D eigenvalue weighted by Gasteiger charge is 2.52. The summed E-state index contributed by atoms with van der Waals surface area (Å²) >= 11 is 1.26. The van der Waals surface area contributed by atoms with Gasteiger partial charge in [0.15, 0.2) is 0 Å². The van der Waals surface area contributed by atoms with Gasteiger partial charge in [0.1, 0.15) is 17.5 Å². The first-order chi connectivity index (χ1) is 19.6. The molecule has 228 valence electrons. The van der Waals surface area contributed by atoms with Gasteiger partial charge in [0, 0.05) is 11.5 Å². The fourth-order valence-corrected chi connectivity index (χ4v) is 9.04. The van der Waals surface area contributed by atoms with E-state index in [1.54, 1.807) is 32.9 Å². The van der Waals surface area contributed by atoms with Crippen LogP contribution in [0.1, 0.15) is 96.8 Å². The van der Waals surface area contributed by atoms with Gasteiger partial charge in [-0.05, 0) is 122 Å². The third-order valence-electron chi connectivity index (χ3n) is 9.35. The normalized spacial score (nSPS) is 25.7. The molecule has 0 saturated heterocycles. The molecule has 2 aromatic rings. The maximum Gasteiger partial charge on any atom is 0.408 e. The zero-order valence-electron chi connectivity index (χ0n) is 25.9. The molecule has 0 spiro atoms. The van der Waals surface area contributed by atoms with Crippen LogP contribution in [0, 0.1) is 23.6 Å². The number of alkyl carbamates (subject to hydrolysis) is 1. The van der Waals surface area contributed by atoms with E-state index < -0.39 is 23.7 Å². The number of carboxylic acid groups (broad SMARTS) is 1. The van der Waals surface area contributed by atoms with Crippen molar-refractivity contribution in [1.29, 1.82) is 0 Å². The summed E-state index contributed by atoms with van der Waals surface area (Å²) in [5.74, 6) is 1.55. The predicted octanol–water partition coefficient (Wildman–Crippen LogP) is 8.47. The molecule has 1 unspecified atom stereocenters. The number of rotatable bonds is 8. The fourth-order valence-electron chi connectivity index (χ4n) is 8.00. The Labute approximate surface area is 254 Å². The molecular weight excluding hydrogens is 549 g/mol. The van der Waals surface area contributed by atoms with Crippen molar-refractivity contribution in [3.05, 3.63) is 58.9 Å². The molecule has 6 rings (SSSR count). The molecule has 42 heavy (non-hydrogen) atoms. The van der Waals surface area contributed by atoms with Gasteiger partial charge in [0.05, 0.1) is 0 Å². The van der Waals surface area contributed by atoms with Crippen molar-refractivity contribution in [3.8, 4) is 11.1 Å². The van der Waals surface area contributed by atoms with Crippen molar-refractivity contribution in [2.24, 2.45) is 17.8 Å². The molecule has 2 N–H and O–H groups in total. The smallest absolute Gasteiger partial charge is 0.408 e. The molecule has 5 nitrogen and oxygen atoms in total. The minimum Gasteiger partial charge on any atom is -0.480 e. The summed E-state index contributed by atoms with van der Waals surface area (Å²) in [6.07, 6.45) is 7.43. The number of halogens is 1. The Balaban J connectivity index is 1.30. The van der Waals surface area contributed by atoms with Crippen LogP contribution in [0.4, 0.5) is 9.18 Å². The van der Waals surface area contributed by atoms with E-state index in [0.717, 1.165) is 28.9 Å². The SMILES string of the molecule is CC(C)(C)OC(=O)NC(CSCc1ccc(-c2ccc(C34CC5CC(CC(C5)C3)C4)c(C(C)(C)C)c2)cc1F)C(=O)O. The van der Waals surface area contributed by atoms with Gasteiger partial charge in [-0.25, -0.2) is 14.0 Å². The molecule has 0 heterocycles. The number of hydrogen-bond acceptors (Lipinski definition) is 4. The second-order valence-electron chi connectivity index (χ2n) is 15.1. The van der Waals surface area contributed by atoms with Crippen LogP contribution in [0.2, 0.25) is 0 Å². The number of carbonyl (C=O) groups excluding carboxylic acids is 1. The topological polar surface area (TPSA) is 75.6 Å². The fraction of sp³-hybridized carbons (Fsp3) is 0.600. The molecule has 7 heteroatoms. The molecule has 1 atom stereocenters. The molecule has 4 aliphatic rings. The van der Waals surface area contributed by atoms with Crippen LogP contribution >= 0.6 is 11.8 Å². The lowest BCUT2D eigenvalue weighted by Gasteiger charge is -2.58. The first kappa shape index (κ1) is 30.9. The van der Waals surface area contributed by atoms with Gasteiger partial charge in [-0.2, -0.15) is 11.8 Å². The summed E-state index contributed by atoms with van der Waals surface area (Å²) < 4.78 is 20.5. The summed E-state index contributed by atoms with van der Waals surface area (Å²) in [7, 11) is 0. The lowest BCUT2D eigenvalue weighted by molar-refractivity contribution is -0.138. The van der Waals surface area contributed by atoms with E-state index in [2.05, 4.69) is 44.3 Å². The van der Waals surface area contributed by atoms with Crippen molar-refractivity contribution in [3.63, 3.8) is 0 Å². The zero-order chi connectivity index (χ0) is 30.4. The van der Waals surface area contributed by atoms with Gasteiger partial charge in [-0.1, -0.05) is 51.1 Å². The molecule has 4 saturated carbocycles. The van der Waals surface area contributed by atoms with Crippen LogP contribution in [0.15, 0.2) is 36.4 Å². The Morgan fingerprint density at radius 1 is 0.976 bits per heavy atom. The Hall–Kier alpha value is -2.54. The summed E-state index contributed by atoms with van der Waals surface area (Å²) in [4.78, 5) is 23.7. The highest BCUT2D eigenvalue weighted by atomic mass is 32.2. The van der Waals surface area contributed by atoms with Crippen LogP contribution in [0.25, 0.3) is 11.1 Å². The van der Waals surface area contributed by atoms with Gasteiger partial charge in [-0.3, -0.25) is 0 Å². The molecule has 0 aliphatic heterocycles. The first-order valence-electron chi connectivity index (χ1n) is 15.4. The highest BCUT2D eigenvalue weighted by molar-refractivity contribution is 7.98. The number of thioether (sulfide) groups is 1. The lowest BCUT2D eigenvalue weighted by Crippen LogP contribution is -2.49. The Bertz CT molecular complexity index is 1310. The van der Waals surface area contributed by atoms with Crippen molar-refractivity contribution in [2.75, 3.05) is 5.75 Å². The predicted molar refractivity (Wildman–Crippen MR) is 167 cm³/mol. The second-order valence-corrected chi connectivity index (χ2v) is 16.1. The van der Waals surface area contributed by atoms with E-state index in [1.807, 2.05) is 6.07 Å². The number of benzene rings is 2. The Kier molecular flexibility index (Phi) is 8.47. The van der Waals surface area contributed by atoms with E-state index in [0.29, 0.717) is 16.7 Å². The number of ether oxygens (including phenoxy) is 1. The van der Waals surface area contributed by atoms with Gasteiger partial charge in [-0.15, -0.1) is 0 Å². The van der Waals surface area contributed by atoms with Crippen LogP contribution in [0.3, 0.4) is 0 Å². The zero-order valence-corrected chi connectivity index (χ0v) is 26.7. The summed E-state index contributed by atoms with van der Waals surface area (Å²) in [6, 6.07) is 11.1. The van der Waals surface area contributed by atoms with E-state index in [9.17, 15) is 14.7 Å². The molecule has 2 aromatic carbocycles. The minimum absolute atomic E-state index is 0.0161. The molecule has 4 bridgehead atoms. The maximum atomic E-state index is 15.3. The van der Waals surface area contributed by atoms with Gasteiger partial charge in [0.25, 0.3) is 0 Å². The highest BCUT2D eigenvalue weighted by Crippen LogP contribution is 2.61. The largest absolute Gasteiger partial charge is 0.480 e. The Morgan fingerprint density at radius 2 is 1.55 bits per heavy atom. The minimum atomic E-state index is -1.16. The molecule has 0 aromatic heterocycles. The van der Waals surface area contributed by atoms with Gasteiger partial charge >= 0.3 is 12.1 Å². The van der Waals surface area contributed by atoms with E-state index in [-0.39, 0.29) is 17.0 Å². The third kappa shape index (κ3) is 6.82. The average Bonchev–Trinajstić information content (AvgIpc) is 2.86. The number of carbonyl (C=O) groups is 2. The van der Waals surface area contributed by atoms with Crippen LogP contribution in [0.5, 0.6) is 0 Å².